The first-order valence-corrected chi connectivity index (χ1v) is 10.0. The van der Waals surface area contributed by atoms with Gasteiger partial charge in [-0.1, -0.05) is 48.5 Å². The molecule has 2 aromatic carbocycles. The standard InChI is InChI=1S/C23H27N3O2/c1-18-7-5-6-10-21(18)24-11-13-25(14-12-24)23(28)20-15-22(27)26(17-20)16-19-8-3-2-4-9-19/h2-10,20H,11-17H2,1H3. The molecule has 4 rings (SSSR count). The summed E-state index contributed by atoms with van der Waals surface area (Å²) in [5.41, 5.74) is 3.62. The van der Waals surface area contributed by atoms with Gasteiger partial charge in [0.15, 0.2) is 0 Å². The molecule has 2 aliphatic heterocycles. The fourth-order valence-corrected chi connectivity index (χ4v) is 4.24. The number of carbonyl (C=O) groups excluding carboxylic acids is 2. The van der Waals surface area contributed by atoms with Crippen LogP contribution in [-0.4, -0.2) is 54.3 Å². The summed E-state index contributed by atoms with van der Waals surface area (Å²) in [6, 6.07) is 18.3. The van der Waals surface area contributed by atoms with E-state index in [2.05, 4.69) is 36.1 Å². The van der Waals surface area contributed by atoms with E-state index in [0.29, 0.717) is 19.5 Å². The topological polar surface area (TPSA) is 43.9 Å². The number of carbonyl (C=O) groups is 2. The molecule has 0 bridgehead atoms. The SMILES string of the molecule is Cc1ccccc1N1CCN(C(=O)C2CC(=O)N(Cc3ccccc3)C2)CC1. The third-order valence-electron chi connectivity index (χ3n) is 5.83. The third-order valence-corrected chi connectivity index (χ3v) is 5.83. The second kappa shape index (κ2) is 8.05. The van der Waals surface area contributed by atoms with Gasteiger partial charge in [-0.15, -0.1) is 0 Å². The molecule has 0 radical (unpaired) electrons. The number of hydrogen-bond acceptors (Lipinski definition) is 3. The molecule has 2 aliphatic rings. The number of benzene rings is 2. The summed E-state index contributed by atoms with van der Waals surface area (Å²) in [6.07, 6.45) is 0.337. The van der Waals surface area contributed by atoms with Crippen LogP contribution in [0.4, 0.5) is 5.69 Å². The Bertz CT molecular complexity index is 844. The molecule has 0 spiro atoms. The van der Waals surface area contributed by atoms with E-state index in [1.807, 2.05) is 40.1 Å². The number of hydrogen-bond donors (Lipinski definition) is 0. The quantitative estimate of drug-likeness (QED) is 0.823. The second-order valence-electron chi connectivity index (χ2n) is 7.76. The monoisotopic (exact) mass is 377 g/mol. The molecule has 2 amide bonds. The van der Waals surface area contributed by atoms with Crippen molar-refractivity contribution in [1.82, 2.24) is 9.80 Å². The number of nitrogens with zero attached hydrogens (tertiary/aromatic N) is 3. The lowest BCUT2D eigenvalue weighted by Gasteiger charge is -2.37. The Morgan fingerprint density at radius 2 is 1.64 bits per heavy atom. The van der Waals surface area contributed by atoms with Crippen molar-refractivity contribution in [2.24, 2.45) is 5.92 Å². The van der Waals surface area contributed by atoms with Gasteiger partial charge in [0.05, 0.1) is 5.92 Å². The van der Waals surface area contributed by atoms with Crippen molar-refractivity contribution >= 4 is 17.5 Å². The van der Waals surface area contributed by atoms with Gasteiger partial charge in [0.25, 0.3) is 0 Å². The van der Waals surface area contributed by atoms with Crippen LogP contribution in [-0.2, 0) is 16.1 Å². The maximum absolute atomic E-state index is 13.0. The molecular weight excluding hydrogens is 350 g/mol. The van der Waals surface area contributed by atoms with Gasteiger partial charge in [0, 0.05) is 51.4 Å². The molecule has 2 heterocycles. The molecule has 146 valence electrons. The fraction of sp³-hybridized carbons (Fsp3) is 0.391. The minimum absolute atomic E-state index is 0.0840. The minimum atomic E-state index is -0.207. The zero-order valence-corrected chi connectivity index (χ0v) is 16.4. The summed E-state index contributed by atoms with van der Waals surface area (Å²) in [4.78, 5) is 31.5. The van der Waals surface area contributed by atoms with Crippen molar-refractivity contribution in [2.75, 3.05) is 37.6 Å². The molecule has 0 saturated carbocycles. The normalized spacial score (nSPS) is 20.0. The van der Waals surface area contributed by atoms with Gasteiger partial charge >= 0.3 is 0 Å². The molecule has 0 N–H and O–H groups in total. The number of piperazine rings is 1. The van der Waals surface area contributed by atoms with Crippen molar-refractivity contribution in [1.29, 1.82) is 0 Å². The van der Waals surface area contributed by atoms with Gasteiger partial charge in [0.1, 0.15) is 0 Å². The van der Waals surface area contributed by atoms with E-state index in [1.54, 1.807) is 0 Å². The highest BCUT2D eigenvalue weighted by Gasteiger charge is 2.37. The zero-order chi connectivity index (χ0) is 19.5. The Labute approximate surface area is 166 Å². The highest BCUT2D eigenvalue weighted by molar-refractivity contribution is 5.89. The Hall–Kier alpha value is -2.82. The van der Waals surface area contributed by atoms with Gasteiger partial charge in [-0.05, 0) is 24.1 Å². The van der Waals surface area contributed by atoms with Crippen molar-refractivity contribution in [2.45, 2.75) is 19.9 Å². The molecule has 2 aromatic rings. The highest BCUT2D eigenvalue weighted by Crippen LogP contribution is 2.25. The maximum atomic E-state index is 13.0. The molecule has 5 heteroatoms. The van der Waals surface area contributed by atoms with E-state index in [-0.39, 0.29) is 17.7 Å². The summed E-state index contributed by atoms with van der Waals surface area (Å²) in [5, 5.41) is 0. The third kappa shape index (κ3) is 3.88. The lowest BCUT2D eigenvalue weighted by atomic mass is 10.1. The van der Waals surface area contributed by atoms with Crippen LogP contribution >= 0.6 is 0 Å². The first kappa shape index (κ1) is 18.5. The average molecular weight is 377 g/mol. The maximum Gasteiger partial charge on any atom is 0.228 e. The van der Waals surface area contributed by atoms with E-state index < -0.39 is 0 Å². The first-order valence-electron chi connectivity index (χ1n) is 10.0. The molecular formula is C23H27N3O2. The van der Waals surface area contributed by atoms with E-state index in [4.69, 9.17) is 0 Å². The second-order valence-corrected chi connectivity index (χ2v) is 7.76. The van der Waals surface area contributed by atoms with Crippen molar-refractivity contribution in [3.63, 3.8) is 0 Å². The van der Waals surface area contributed by atoms with Crippen LogP contribution in [0.2, 0.25) is 0 Å². The van der Waals surface area contributed by atoms with Crippen LogP contribution in [0.3, 0.4) is 0 Å². The van der Waals surface area contributed by atoms with Crippen LogP contribution in [0.1, 0.15) is 17.5 Å². The number of likely N-dealkylation sites (tertiary alicyclic amines) is 1. The van der Waals surface area contributed by atoms with Crippen molar-refractivity contribution in [3.05, 3.63) is 65.7 Å². The fourth-order valence-electron chi connectivity index (χ4n) is 4.24. The lowest BCUT2D eigenvalue weighted by molar-refractivity contribution is -0.136. The molecule has 1 atom stereocenters. The average Bonchev–Trinajstić information content (AvgIpc) is 3.09. The van der Waals surface area contributed by atoms with Gasteiger partial charge in [-0.2, -0.15) is 0 Å². The van der Waals surface area contributed by atoms with Gasteiger partial charge in [0.2, 0.25) is 11.8 Å². The Morgan fingerprint density at radius 3 is 2.36 bits per heavy atom. The predicted octanol–water partition coefficient (Wildman–Crippen LogP) is 2.69. The summed E-state index contributed by atoms with van der Waals surface area (Å²) in [5.74, 6) is 0.00955. The molecule has 2 fully saturated rings. The summed E-state index contributed by atoms with van der Waals surface area (Å²) in [7, 11) is 0. The predicted molar refractivity (Wildman–Crippen MR) is 110 cm³/mol. The zero-order valence-electron chi connectivity index (χ0n) is 16.4. The van der Waals surface area contributed by atoms with E-state index in [1.165, 1.54) is 11.3 Å². The lowest BCUT2D eigenvalue weighted by Crippen LogP contribution is -2.50. The number of rotatable bonds is 4. The van der Waals surface area contributed by atoms with Gasteiger partial charge < -0.3 is 14.7 Å². The number of aryl methyl sites for hydroxylation is 1. The summed E-state index contributed by atoms with van der Waals surface area (Å²) in [6.45, 7) is 6.36. The van der Waals surface area contributed by atoms with E-state index >= 15 is 0 Å². The molecule has 28 heavy (non-hydrogen) atoms. The van der Waals surface area contributed by atoms with E-state index in [0.717, 1.165) is 31.7 Å². The smallest absolute Gasteiger partial charge is 0.228 e. The van der Waals surface area contributed by atoms with Gasteiger partial charge in [-0.25, -0.2) is 0 Å². The van der Waals surface area contributed by atoms with Crippen LogP contribution in [0.25, 0.3) is 0 Å². The minimum Gasteiger partial charge on any atom is -0.368 e. The Morgan fingerprint density at radius 1 is 0.964 bits per heavy atom. The van der Waals surface area contributed by atoms with E-state index in [9.17, 15) is 9.59 Å². The number of amides is 2. The molecule has 1 unspecified atom stereocenters. The van der Waals surface area contributed by atoms with Crippen molar-refractivity contribution in [3.8, 4) is 0 Å². The molecule has 0 aromatic heterocycles. The number of para-hydroxylation sites is 1. The van der Waals surface area contributed by atoms with Crippen molar-refractivity contribution < 1.29 is 9.59 Å². The molecule has 0 aliphatic carbocycles. The first-order chi connectivity index (χ1) is 13.6. The van der Waals surface area contributed by atoms with Crippen LogP contribution in [0, 0.1) is 12.8 Å². The largest absolute Gasteiger partial charge is 0.368 e. The molecule has 5 nitrogen and oxygen atoms in total. The Balaban J connectivity index is 1.33. The van der Waals surface area contributed by atoms with Crippen LogP contribution in [0.15, 0.2) is 54.6 Å². The number of anilines is 1. The van der Waals surface area contributed by atoms with Gasteiger partial charge in [-0.3, -0.25) is 9.59 Å². The Kier molecular flexibility index (Phi) is 5.33. The highest BCUT2D eigenvalue weighted by atomic mass is 16.2. The summed E-state index contributed by atoms with van der Waals surface area (Å²) >= 11 is 0. The summed E-state index contributed by atoms with van der Waals surface area (Å²) < 4.78 is 0. The van der Waals surface area contributed by atoms with Crippen LogP contribution in [0.5, 0.6) is 0 Å². The molecule has 2 saturated heterocycles. The van der Waals surface area contributed by atoms with Crippen LogP contribution < -0.4 is 4.90 Å².